The predicted octanol–water partition coefficient (Wildman–Crippen LogP) is 1.27. The highest BCUT2D eigenvalue weighted by Crippen LogP contribution is 2.03. The van der Waals surface area contributed by atoms with E-state index in [9.17, 15) is 0 Å². The van der Waals surface area contributed by atoms with Gasteiger partial charge < -0.3 is 5.32 Å². The largest absolute Gasteiger partial charge is 0.329 e. The van der Waals surface area contributed by atoms with E-state index in [-0.39, 0.29) is 0 Å². The molecule has 1 aromatic heterocycles. The van der Waals surface area contributed by atoms with Crippen molar-refractivity contribution in [1.82, 2.24) is 9.78 Å². The Kier molecular flexibility index (Phi) is 2.85. The zero-order chi connectivity index (χ0) is 8.97. The highest BCUT2D eigenvalue weighted by Gasteiger charge is 1.99. The molecule has 0 spiro atoms. The SMILES string of the molecule is CCC(=NC)Nc1ccnn1C. The van der Waals surface area contributed by atoms with Crippen molar-refractivity contribution in [2.75, 3.05) is 12.4 Å². The summed E-state index contributed by atoms with van der Waals surface area (Å²) in [5.41, 5.74) is 0. The maximum absolute atomic E-state index is 4.09. The van der Waals surface area contributed by atoms with Crippen LogP contribution in [0.15, 0.2) is 17.3 Å². The Labute approximate surface area is 72.3 Å². The van der Waals surface area contributed by atoms with Crippen LogP contribution in [-0.4, -0.2) is 22.7 Å². The van der Waals surface area contributed by atoms with Crippen molar-refractivity contribution >= 4 is 11.7 Å². The third-order valence-electron chi connectivity index (χ3n) is 1.70. The van der Waals surface area contributed by atoms with Crippen molar-refractivity contribution in [2.45, 2.75) is 13.3 Å². The second-order valence-electron chi connectivity index (χ2n) is 2.49. The number of aryl methyl sites for hydroxylation is 1. The lowest BCUT2D eigenvalue weighted by Crippen LogP contribution is -2.13. The molecule has 66 valence electrons. The molecule has 4 heteroatoms. The van der Waals surface area contributed by atoms with E-state index in [1.165, 1.54) is 0 Å². The lowest BCUT2D eigenvalue weighted by Gasteiger charge is -2.06. The first kappa shape index (κ1) is 8.77. The average molecular weight is 166 g/mol. The van der Waals surface area contributed by atoms with Crippen LogP contribution in [0, 0.1) is 0 Å². The molecule has 0 aliphatic carbocycles. The van der Waals surface area contributed by atoms with Crippen LogP contribution in [0.2, 0.25) is 0 Å². The summed E-state index contributed by atoms with van der Waals surface area (Å²) in [5, 5.41) is 7.21. The number of amidine groups is 1. The highest BCUT2D eigenvalue weighted by molar-refractivity contribution is 5.94. The molecular weight excluding hydrogens is 152 g/mol. The fourth-order valence-corrected chi connectivity index (χ4v) is 0.947. The molecule has 1 aromatic rings. The Morgan fingerprint density at radius 2 is 2.50 bits per heavy atom. The minimum absolute atomic E-state index is 0.904. The number of anilines is 1. The van der Waals surface area contributed by atoms with E-state index in [1.54, 1.807) is 17.9 Å². The Morgan fingerprint density at radius 1 is 1.75 bits per heavy atom. The molecule has 0 aliphatic rings. The summed E-state index contributed by atoms with van der Waals surface area (Å²) in [5.74, 6) is 1.94. The Hall–Kier alpha value is -1.32. The molecule has 0 radical (unpaired) electrons. The van der Waals surface area contributed by atoms with Crippen LogP contribution in [0.1, 0.15) is 13.3 Å². The second-order valence-corrected chi connectivity index (χ2v) is 2.49. The third-order valence-corrected chi connectivity index (χ3v) is 1.70. The second kappa shape index (κ2) is 3.90. The van der Waals surface area contributed by atoms with Gasteiger partial charge in [-0.05, 0) is 0 Å². The molecule has 0 unspecified atom stereocenters. The molecule has 0 fully saturated rings. The number of nitrogens with one attached hydrogen (secondary N) is 1. The molecule has 1 rings (SSSR count). The van der Waals surface area contributed by atoms with E-state index in [2.05, 4.69) is 22.3 Å². The van der Waals surface area contributed by atoms with Crippen LogP contribution < -0.4 is 5.32 Å². The zero-order valence-electron chi connectivity index (χ0n) is 7.70. The van der Waals surface area contributed by atoms with Crippen molar-refractivity contribution in [2.24, 2.45) is 12.0 Å². The van der Waals surface area contributed by atoms with Gasteiger partial charge in [-0.25, -0.2) is 0 Å². The minimum atomic E-state index is 0.904. The number of aliphatic imine (C=N–C) groups is 1. The molecule has 0 saturated carbocycles. The predicted molar refractivity (Wildman–Crippen MR) is 50.5 cm³/mol. The summed E-state index contributed by atoms with van der Waals surface area (Å²) < 4.78 is 1.78. The molecule has 0 amide bonds. The molecule has 1 heterocycles. The minimum Gasteiger partial charge on any atom is -0.329 e. The summed E-state index contributed by atoms with van der Waals surface area (Å²) in [6.07, 6.45) is 2.66. The third kappa shape index (κ3) is 1.84. The fourth-order valence-electron chi connectivity index (χ4n) is 0.947. The summed E-state index contributed by atoms with van der Waals surface area (Å²) >= 11 is 0. The van der Waals surface area contributed by atoms with Crippen molar-refractivity contribution < 1.29 is 0 Å². The first-order chi connectivity index (χ1) is 5.77. The van der Waals surface area contributed by atoms with E-state index in [0.717, 1.165) is 18.1 Å². The van der Waals surface area contributed by atoms with Gasteiger partial charge in [0.25, 0.3) is 0 Å². The molecule has 4 nitrogen and oxygen atoms in total. The van der Waals surface area contributed by atoms with E-state index in [0.29, 0.717) is 0 Å². The lowest BCUT2D eigenvalue weighted by atomic mass is 10.4. The summed E-state index contributed by atoms with van der Waals surface area (Å²) in [6, 6.07) is 1.92. The summed E-state index contributed by atoms with van der Waals surface area (Å²) in [4.78, 5) is 4.09. The first-order valence-electron chi connectivity index (χ1n) is 3.98. The number of nitrogens with zero attached hydrogens (tertiary/aromatic N) is 3. The van der Waals surface area contributed by atoms with Crippen molar-refractivity contribution in [3.05, 3.63) is 12.3 Å². The number of aromatic nitrogens is 2. The van der Waals surface area contributed by atoms with Gasteiger partial charge >= 0.3 is 0 Å². The van der Waals surface area contributed by atoms with Crippen molar-refractivity contribution in [3.63, 3.8) is 0 Å². The standard InChI is InChI=1S/C8H14N4/c1-4-7(9-2)11-8-5-6-10-12(8)3/h5-6H,4H2,1-3H3,(H,9,11). The average Bonchev–Trinajstić information content (AvgIpc) is 2.47. The summed E-state index contributed by atoms with van der Waals surface area (Å²) in [6.45, 7) is 2.06. The molecule has 0 saturated heterocycles. The van der Waals surface area contributed by atoms with Crippen LogP contribution in [-0.2, 0) is 7.05 Å². The molecule has 1 N–H and O–H groups in total. The van der Waals surface area contributed by atoms with E-state index < -0.39 is 0 Å². The molecule has 0 atom stereocenters. The molecular formula is C8H14N4. The number of hydrogen-bond donors (Lipinski definition) is 1. The zero-order valence-corrected chi connectivity index (χ0v) is 7.70. The summed E-state index contributed by atoms with van der Waals surface area (Å²) in [7, 11) is 3.67. The Morgan fingerprint density at radius 3 is 2.92 bits per heavy atom. The molecule has 0 bridgehead atoms. The number of rotatable bonds is 2. The van der Waals surface area contributed by atoms with Gasteiger partial charge in [0.2, 0.25) is 0 Å². The van der Waals surface area contributed by atoms with E-state index in [4.69, 9.17) is 0 Å². The maximum Gasteiger partial charge on any atom is 0.129 e. The molecule has 12 heavy (non-hydrogen) atoms. The quantitative estimate of drug-likeness (QED) is 0.531. The monoisotopic (exact) mass is 166 g/mol. The van der Waals surface area contributed by atoms with Crippen LogP contribution in [0.25, 0.3) is 0 Å². The van der Waals surface area contributed by atoms with Crippen LogP contribution in [0.4, 0.5) is 5.82 Å². The highest BCUT2D eigenvalue weighted by atomic mass is 15.3. The lowest BCUT2D eigenvalue weighted by molar-refractivity contribution is 0.777. The van der Waals surface area contributed by atoms with Gasteiger partial charge in [0.1, 0.15) is 11.7 Å². The van der Waals surface area contributed by atoms with Gasteiger partial charge in [0.05, 0.1) is 6.20 Å². The number of hydrogen-bond acceptors (Lipinski definition) is 2. The van der Waals surface area contributed by atoms with Crippen LogP contribution >= 0.6 is 0 Å². The molecule has 0 aromatic carbocycles. The smallest absolute Gasteiger partial charge is 0.129 e. The van der Waals surface area contributed by atoms with Gasteiger partial charge in [0, 0.05) is 26.6 Å². The van der Waals surface area contributed by atoms with Gasteiger partial charge in [-0.15, -0.1) is 0 Å². The Balaban J connectivity index is 2.69. The Bertz CT molecular complexity index is 274. The van der Waals surface area contributed by atoms with Gasteiger partial charge in [-0.2, -0.15) is 5.10 Å². The molecule has 0 aliphatic heterocycles. The van der Waals surface area contributed by atoms with Crippen LogP contribution in [0.5, 0.6) is 0 Å². The maximum atomic E-state index is 4.09. The van der Waals surface area contributed by atoms with Crippen molar-refractivity contribution in [1.29, 1.82) is 0 Å². The van der Waals surface area contributed by atoms with Gasteiger partial charge in [-0.1, -0.05) is 6.92 Å². The van der Waals surface area contributed by atoms with Gasteiger partial charge in [0.15, 0.2) is 0 Å². The topological polar surface area (TPSA) is 42.2 Å². The van der Waals surface area contributed by atoms with E-state index >= 15 is 0 Å². The van der Waals surface area contributed by atoms with E-state index in [1.807, 2.05) is 13.1 Å². The normalized spacial score (nSPS) is 11.8. The fraction of sp³-hybridized carbons (Fsp3) is 0.500. The van der Waals surface area contributed by atoms with Crippen LogP contribution in [0.3, 0.4) is 0 Å². The van der Waals surface area contributed by atoms with Gasteiger partial charge in [-0.3, -0.25) is 9.67 Å². The first-order valence-corrected chi connectivity index (χ1v) is 3.98. The van der Waals surface area contributed by atoms with Crippen molar-refractivity contribution in [3.8, 4) is 0 Å².